The molecule has 4 rings (SSSR count). The van der Waals surface area contributed by atoms with Crippen molar-refractivity contribution in [2.45, 2.75) is 36.6 Å². The molecule has 0 atom stereocenters. The molecule has 2 fully saturated rings. The Morgan fingerprint density at radius 1 is 1.06 bits per heavy atom. The van der Waals surface area contributed by atoms with Gasteiger partial charge in [-0.05, 0) is 49.2 Å². The van der Waals surface area contributed by atoms with Crippen molar-refractivity contribution in [1.29, 1.82) is 5.26 Å². The van der Waals surface area contributed by atoms with Crippen molar-refractivity contribution < 1.29 is 17.3 Å². The Labute approximate surface area is 197 Å². The smallest absolute Gasteiger partial charge is 0.246 e. The van der Waals surface area contributed by atoms with Crippen LogP contribution in [0.4, 0.5) is 0 Å². The zero-order valence-corrected chi connectivity index (χ0v) is 19.0. The van der Waals surface area contributed by atoms with Crippen LogP contribution < -0.4 is 4.74 Å². The Kier molecular flexibility index (Phi) is 5.65. The van der Waals surface area contributed by atoms with Gasteiger partial charge in [0.25, 0.3) is 0 Å². The maximum atomic E-state index is 13.7. The highest BCUT2D eigenvalue weighted by Gasteiger charge is 2.34. The molecule has 1 saturated heterocycles. The van der Waals surface area contributed by atoms with Crippen LogP contribution in [0.1, 0.15) is 35.4 Å². The first-order chi connectivity index (χ1) is 16.1. The van der Waals surface area contributed by atoms with Crippen LogP contribution in [0.2, 0.25) is 10.0 Å². The van der Waals surface area contributed by atoms with Gasteiger partial charge in [0.2, 0.25) is 10.0 Å². The van der Waals surface area contributed by atoms with Gasteiger partial charge in [-0.15, -0.1) is 0 Å². The van der Waals surface area contributed by atoms with Crippen molar-refractivity contribution in [3.8, 4) is 17.6 Å². The molecule has 1 saturated carbocycles. The Bertz CT molecular complexity index is 1240. The number of nitrogens with zero attached hydrogens (tertiary/aromatic N) is 3. The molecule has 0 amide bonds. The summed E-state index contributed by atoms with van der Waals surface area (Å²) in [6.45, 7) is 1.57. The fourth-order valence-corrected chi connectivity index (χ4v) is 6.07. The number of nitriles is 1. The quantitative estimate of drug-likeness (QED) is 0.605. The molecule has 0 radical (unpaired) electrons. The van der Waals surface area contributed by atoms with Gasteiger partial charge in [-0.1, -0.05) is 36.0 Å². The van der Waals surface area contributed by atoms with Crippen LogP contribution in [0.25, 0.3) is 0 Å². The SMILES string of the molecule is [2H]c1c([2H])c(Oc2cc(Cl)cc(Cl)c2)c(S(=O)(=O)N2CCN(C3CCCC3)CC2)c([2H])c1C#N. The molecular weight excluding hydrogens is 457 g/mol. The highest BCUT2D eigenvalue weighted by molar-refractivity contribution is 7.89. The summed E-state index contributed by atoms with van der Waals surface area (Å²) in [5, 5.41) is 9.93. The number of sulfonamides is 1. The van der Waals surface area contributed by atoms with Crippen molar-refractivity contribution in [2.75, 3.05) is 26.2 Å². The molecular formula is C22H23Cl2N3O3S. The molecule has 6 nitrogen and oxygen atoms in total. The van der Waals surface area contributed by atoms with Crippen LogP contribution in [0, 0.1) is 11.3 Å². The van der Waals surface area contributed by atoms with Crippen molar-refractivity contribution in [3.05, 3.63) is 51.9 Å². The van der Waals surface area contributed by atoms with Crippen molar-refractivity contribution in [2.24, 2.45) is 0 Å². The molecule has 0 unspecified atom stereocenters. The molecule has 0 spiro atoms. The van der Waals surface area contributed by atoms with Crippen LogP contribution in [0.3, 0.4) is 0 Å². The Hall–Kier alpha value is -1.82. The van der Waals surface area contributed by atoms with E-state index < -0.39 is 44.4 Å². The van der Waals surface area contributed by atoms with E-state index >= 15 is 0 Å². The Morgan fingerprint density at radius 2 is 1.71 bits per heavy atom. The van der Waals surface area contributed by atoms with Crippen LogP contribution in [-0.2, 0) is 10.0 Å². The standard InChI is InChI=1S/C22H23Cl2N3O3S/c23-17-12-18(24)14-20(13-17)30-21-6-5-16(15-25)11-22(21)31(28,29)27-9-7-26(8-10-27)19-3-1-2-4-19/h5-6,11-14,19H,1-4,7-10H2/i5D,6D,11D. The van der Waals surface area contributed by atoms with Gasteiger partial charge in [0.15, 0.2) is 0 Å². The fraction of sp³-hybridized carbons (Fsp3) is 0.409. The van der Waals surface area contributed by atoms with Gasteiger partial charge >= 0.3 is 0 Å². The van der Waals surface area contributed by atoms with Gasteiger partial charge in [0.1, 0.15) is 16.4 Å². The first-order valence-corrected chi connectivity index (χ1v) is 12.2. The zero-order valence-electron chi connectivity index (χ0n) is 19.7. The van der Waals surface area contributed by atoms with E-state index in [2.05, 4.69) is 4.90 Å². The minimum absolute atomic E-state index is 0.0528. The maximum Gasteiger partial charge on any atom is 0.246 e. The summed E-state index contributed by atoms with van der Waals surface area (Å²) in [5.74, 6) is -0.442. The summed E-state index contributed by atoms with van der Waals surface area (Å²) < 4.78 is 59.3. The van der Waals surface area contributed by atoms with Crippen LogP contribution in [0.15, 0.2) is 41.2 Å². The number of rotatable bonds is 5. The van der Waals surface area contributed by atoms with Crippen molar-refractivity contribution in [3.63, 3.8) is 0 Å². The highest BCUT2D eigenvalue weighted by atomic mass is 35.5. The Balaban J connectivity index is 1.75. The van der Waals surface area contributed by atoms with Gasteiger partial charge in [0.05, 0.1) is 15.7 Å². The van der Waals surface area contributed by atoms with E-state index in [1.54, 1.807) is 6.07 Å². The summed E-state index contributed by atoms with van der Waals surface area (Å²) in [7, 11) is -4.31. The molecule has 1 heterocycles. The van der Waals surface area contributed by atoms with E-state index in [9.17, 15) is 13.7 Å². The summed E-state index contributed by atoms with van der Waals surface area (Å²) in [4.78, 5) is 1.70. The largest absolute Gasteiger partial charge is 0.456 e. The second kappa shape index (κ2) is 9.35. The number of hydrogen-bond acceptors (Lipinski definition) is 5. The first kappa shape index (κ1) is 18.7. The number of hydrogen-bond donors (Lipinski definition) is 0. The number of benzene rings is 2. The molecule has 2 aliphatic rings. The highest BCUT2D eigenvalue weighted by Crippen LogP contribution is 2.35. The molecule has 9 heteroatoms. The summed E-state index contributed by atoms with van der Waals surface area (Å²) in [6, 6.07) is 4.54. The lowest BCUT2D eigenvalue weighted by atomic mass is 10.2. The maximum absolute atomic E-state index is 13.7. The topological polar surface area (TPSA) is 73.6 Å². The molecule has 0 aromatic heterocycles. The second-order valence-electron chi connectivity index (χ2n) is 7.61. The molecule has 31 heavy (non-hydrogen) atoms. The number of ether oxygens (including phenoxy) is 1. The van der Waals surface area contributed by atoms with Gasteiger partial charge < -0.3 is 4.74 Å². The minimum Gasteiger partial charge on any atom is -0.456 e. The van der Waals surface area contributed by atoms with Crippen LogP contribution in [-0.4, -0.2) is 49.8 Å². The normalized spacial score (nSPS) is 20.1. The lowest BCUT2D eigenvalue weighted by Gasteiger charge is -2.37. The lowest BCUT2D eigenvalue weighted by molar-refractivity contribution is 0.139. The summed E-state index contributed by atoms with van der Waals surface area (Å²) in [6.07, 6.45) is 4.59. The monoisotopic (exact) mass is 482 g/mol. The third kappa shape index (κ3) is 5.00. The zero-order chi connectivity index (χ0) is 24.6. The predicted molar refractivity (Wildman–Crippen MR) is 120 cm³/mol. The van der Waals surface area contributed by atoms with E-state index in [4.69, 9.17) is 32.1 Å². The molecule has 0 N–H and O–H groups in total. The third-order valence-electron chi connectivity index (χ3n) is 5.63. The molecule has 164 valence electrons. The van der Waals surface area contributed by atoms with Gasteiger partial charge in [-0.2, -0.15) is 9.57 Å². The van der Waals surface area contributed by atoms with E-state index in [0.29, 0.717) is 19.1 Å². The van der Waals surface area contributed by atoms with Crippen molar-refractivity contribution >= 4 is 33.2 Å². The molecule has 1 aliphatic carbocycles. The molecule has 2 aromatic carbocycles. The fourth-order valence-electron chi connectivity index (χ4n) is 4.10. The van der Waals surface area contributed by atoms with Crippen molar-refractivity contribution in [1.82, 2.24) is 9.21 Å². The van der Waals surface area contributed by atoms with Gasteiger partial charge in [-0.3, -0.25) is 4.90 Å². The van der Waals surface area contributed by atoms with Gasteiger partial charge in [0, 0.05) is 42.3 Å². The van der Waals surface area contributed by atoms with E-state index in [-0.39, 0.29) is 28.9 Å². The minimum atomic E-state index is -4.31. The first-order valence-electron chi connectivity index (χ1n) is 11.6. The van der Waals surface area contributed by atoms with Gasteiger partial charge in [-0.25, -0.2) is 8.42 Å². The van der Waals surface area contributed by atoms with E-state index in [1.165, 1.54) is 35.3 Å². The number of halogens is 2. The predicted octanol–water partition coefficient (Wildman–Crippen LogP) is 4.91. The van der Waals surface area contributed by atoms with E-state index in [1.807, 2.05) is 0 Å². The summed E-state index contributed by atoms with van der Waals surface area (Å²) >= 11 is 12.1. The average Bonchev–Trinajstić information content (AvgIpc) is 3.32. The molecule has 1 aliphatic heterocycles. The Morgan fingerprint density at radius 3 is 2.32 bits per heavy atom. The summed E-state index contributed by atoms with van der Waals surface area (Å²) in [5.41, 5.74) is -0.496. The van der Waals surface area contributed by atoms with E-state index in [0.717, 1.165) is 12.8 Å². The lowest BCUT2D eigenvalue weighted by Crippen LogP contribution is -2.51. The third-order valence-corrected chi connectivity index (χ3v) is 7.91. The average molecular weight is 483 g/mol. The number of piperazine rings is 1. The molecule has 2 aromatic rings. The van der Waals surface area contributed by atoms with Crippen LogP contribution >= 0.6 is 23.2 Å². The molecule has 0 bridgehead atoms. The van der Waals surface area contributed by atoms with Crippen LogP contribution in [0.5, 0.6) is 11.5 Å². The second-order valence-corrected chi connectivity index (χ2v) is 10.4.